The second-order valence-electron chi connectivity index (χ2n) is 2.65. The Morgan fingerprint density at radius 2 is 2.54 bits per heavy atom. The SMILES string of the molecule is N#CC=CN1CCNCC1[N+](=O)[O-]. The summed E-state index contributed by atoms with van der Waals surface area (Å²) in [6.45, 7) is 1.59. The number of nitro groups is 1. The molecule has 1 fully saturated rings. The first-order valence-electron chi connectivity index (χ1n) is 3.92. The fraction of sp³-hybridized carbons (Fsp3) is 0.571. The largest absolute Gasteiger partial charge is 0.314 e. The molecule has 1 unspecified atom stereocenters. The molecule has 6 nitrogen and oxygen atoms in total. The van der Waals surface area contributed by atoms with Crippen molar-refractivity contribution in [2.24, 2.45) is 0 Å². The van der Waals surface area contributed by atoms with Crippen molar-refractivity contribution in [3.8, 4) is 6.07 Å². The van der Waals surface area contributed by atoms with Crippen LogP contribution in [0.2, 0.25) is 0 Å². The molecule has 1 heterocycles. The fourth-order valence-corrected chi connectivity index (χ4v) is 1.20. The Labute approximate surface area is 75.6 Å². The molecule has 0 bridgehead atoms. The summed E-state index contributed by atoms with van der Waals surface area (Å²) in [5.41, 5.74) is 0. The lowest BCUT2D eigenvalue weighted by molar-refractivity contribution is -0.546. The van der Waals surface area contributed by atoms with E-state index in [0.717, 1.165) is 0 Å². The first kappa shape index (κ1) is 9.48. The Balaban J connectivity index is 2.63. The van der Waals surface area contributed by atoms with Crippen molar-refractivity contribution >= 4 is 0 Å². The molecular formula is C7H10N4O2. The van der Waals surface area contributed by atoms with Gasteiger partial charge in [-0.3, -0.25) is 10.1 Å². The average molecular weight is 182 g/mol. The van der Waals surface area contributed by atoms with Crippen LogP contribution in [0, 0.1) is 21.4 Å². The molecule has 6 heteroatoms. The molecular weight excluding hydrogens is 172 g/mol. The Kier molecular flexibility index (Phi) is 3.23. The van der Waals surface area contributed by atoms with Crippen molar-refractivity contribution in [1.82, 2.24) is 10.2 Å². The second kappa shape index (κ2) is 4.42. The number of hydrogen-bond acceptors (Lipinski definition) is 5. The molecule has 0 aromatic rings. The third kappa shape index (κ3) is 2.42. The number of nitrogens with one attached hydrogen (secondary N) is 1. The minimum atomic E-state index is -0.752. The number of rotatable bonds is 2. The maximum absolute atomic E-state index is 10.5. The van der Waals surface area contributed by atoms with Gasteiger partial charge in [0.05, 0.1) is 12.6 Å². The Morgan fingerprint density at radius 3 is 3.15 bits per heavy atom. The number of nitriles is 1. The lowest BCUT2D eigenvalue weighted by atomic mass is 10.3. The van der Waals surface area contributed by atoms with Gasteiger partial charge in [-0.1, -0.05) is 0 Å². The van der Waals surface area contributed by atoms with Gasteiger partial charge >= 0.3 is 0 Å². The van der Waals surface area contributed by atoms with Crippen LogP contribution in [0.15, 0.2) is 12.3 Å². The number of hydrogen-bond donors (Lipinski definition) is 1. The zero-order chi connectivity index (χ0) is 9.68. The topological polar surface area (TPSA) is 82.2 Å². The van der Waals surface area contributed by atoms with E-state index in [2.05, 4.69) is 5.32 Å². The van der Waals surface area contributed by atoms with E-state index in [1.165, 1.54) is 12.3 Å². The normalized spacial score (nSPS) is 23.0. The monoisotopic (exact) mass is 182 g/mol. The maximum atomic E-state index is 10.5. The summed E-state index contributed by atoms with van der Waals surface area (Å²) < 4.78 is 0. The quantitative estimate of drug-likeness (QED) is 0.354. The second-order valence-corrected chi connectivity index (χ2v) is 2.65. The molecule has 0 aromatic carbocycles. The van der Waals surface area contributed by atoms with Gasteiger partial charge in [0.2, 0.25) is 0 Å². The summed E-state index contributed by atoms with van der Waals surface area (Å²) in [4.78, 5) is 11.7. The maximum Gasteiger partial charge on any atom is 0.299 e. The van der Waals surface area contributed by atoms with Gasteiger partial charge in [0.25, 0.3) is 6.17 Å². The van der Waals surface area contributed by atoms with Crippen LogP contribution in [0.25, 0.3) is 0 Å². The molecule has 0 radical (unpaired) electrons. The van der Waals surface area contributed by atoms with Crippen molar-refractivity contribution in [3.05, 3.63) is 22.4 Å². The third-order valence-electron chi connectivity index (χ3n) is 1.84. The van der Waals surface area contributed by atoms with Crippen LogP contribution < -0.4 is 5.32 Å². The minimum absolute atomic E-state index is 0.322. The molecule has 0 aliphatic carbocycles. The van der Waals surface area contributed by atoms with Crippen LogP contribution in [-0.2, 0) is 0 Å². The number of allylic oxidation sites excluding steroid dienone is 1. The molecule has 1 N–H and O–H groups in total. The van der Waals surface area contributed by atoms with Gasteiger partial charge in [-0.2, -0.15) is 5.26 Å². The lowest BCUT2D eigenvalue weighted by Gasteiger charge is -2.28. The summed E-state index contributed by atoms with van der Waals surface area (Å²) in [5.74, 6) is 0. The summed E-state index contributed by atoms with van der Waals surface area (Å²) in [7, 11) is 0. The molecule has 0 amide bonds. The van der Waals surface area contributed by atoms with Gasteiger partial charge in [-0.15, -0.1) is 0 Å². The van der Waals surface area contributed by atoms with Crippen LogP contribution in [0.1, 0.15) is 0 Å². The molecule has 1 aliphatic rings. The van der Waals surface area contributed by atoms with Crippen molar-refractivity contribution in [2.45, 2.75) is 6.17 Å². The van der Waals surface area contributed by atoms with E-state index in [1.807, 2.05) is 6.07 Å². The molecule has 1 saturated heterocycles. The predicted octanol–water partition coefficient (Wildman–Crippen LogP) is -0.468. The van der Waals surface area contributed by atoms with E-state index in [-0.39, 0.29) is 4.92 Å². The highest BCUT2D eigenvalue weighted by Crippen LogP contribution is 2.03. The van der Waals surface area contributed by atoms with Crippen LogP contribution in [-0.4, -0.2) is 35.6 Å². The summed E-state index contributed by atoms with van der Waals surface area (Å²) in [6.07, 6.45) is 1.97. The third-order valence-corrected chi connectivity index (χ3v) is 1.84. The zero-order valence-corrected chi connectivity index (χ0v) is 7.01. The number of nitrogens with zero attached hydrogens (tertiary/aromatic N) is 3. The van der Waals surface area contributed by atoms with Crippen LogP contribution >= 0.6 is 0 Å². The van der Waals surface area contributed by atoms with Crippen molar-refractivity contribution in [2.75, 3.05) is 19.6 Å². The van der Waals surface area contributed by atoms with Crippen molar-refractivity contribution in [3.63, 3.8) is 0 Å². The van der Waals surface area contributed by atoms with Gasteiger partial charge in [0.1, 0.15) is 0 Å². The van der Waals surface area contributed by atoms with Crippen molar-refractivity contribution in [1.29, 1.82) is 5.26 Å². The Morgan fingerprint density at radius 1 is 1.77 bits per heavy atom. The van der Waals surface area contributed by atoms with E-state index >= 15 is 0 Å². The van der Waals surface area contributed by atoms with Gasteiger partial charge < -0.3 is 10.2 Å². The molecule has 0 saturated carbocycles. The highest BCUT2D eigenvalue weighted by atomic mass is 16.6. The van der Waals surface area contributed by atoms with E-state index in [9.17, 15) is 10.1 Å². The Hall–Kier alpha value is -1.61. The molecule has 70 valence electrons. The zero-order valence-electron chi connectivity index (χ0n) is 7.01. The highest BCUT2D eigenvalue weighted by molar-refractivity contribution is 5.02. The van der Waals surface area contributed by atoms with Gasteiger partial charge in [-0.05, 0) is 0 Å². The van der Waals surface area contributed by atoms with E-state index in [4.69, 9.17) is 5.26 Å². The van der Waals surface area contributed by atoms with Crippen LogP contribution in [0.3, 0.4) is 0 Å². The lowest BCUT2D eigenvalue weighted by Crippen LogP contribution is -2.52. The minimum Gasteiger partial charge on any atom is -0.314 e. The molecule has 1 atom stereocenters. The predicted molar refractivity (Wildman–Crippen MR) is 45.1 cm³/mol. The molecule has 13 heavy (non-hydrogen) atoms. The molecule has 1 aliphatic heterocycles. The van der Waals surface area contributed by atoms with E-state index in [1.54, 1.807) is 4.90 Å². The molecule has 0 aromatic heterocycles. The summed E-state index contributed by atoms with van der Waals surface area (Å²) in [5, 5.41) is 21.7. The summed E-state index contributed by atoms with van der Waals surface area (Å²) in [6, 6.07) is 1.81. The van der Waals surface area contributed by atoms with Gasteiger partial charge in [0.15, 0.2) is 0 Å². The van der Waals surface area contributed by atoms with Crippen LogP contribution in [0.4, 0.5) is 0 Å². The average Bonchev–Trinajstić information content (AvgIpc) is 2.15. The van der Waals surface area contributed by atoms with Crippen LogP contribution in [0.5, 0.6) is 0 Å². The van der Waals surface area contributed by atoms with Crippen molar-refractivity contribution < 1.29 is 4.92 Å². The standard InChI is InChI=1S/C7H10N4O2/c8-2-1-4-10-5-3-9-6-7(10)11(12)13/h1,4,7,9H,3,5-6H2. The first-order valence-corrected chi connectivity index (χ1v) is 3.92. The smallest absolute Gasteiger partial charge is 0.299 e. The molecule has 0 spiro atoms. The van der Waals surface area contributed by atoms with Gasteiger partial charge in [-0.25, -0.2) is 0 Å². The first-order chi connectivity index (χ1) is 6.25. The summed E-state index contributed by atoms with van der Waals surface area (Å²) >= 11 is 0. The van der Waals surface area contributed by atoms with E-state index < -0.39 is 6.17 Å². The fourth-order valence-electron chi connectivity index (χ4n) is 1.20. The number of piperazine rings is 1. The van der Waals surface area contributed by atoms with E-state index in [0.29, 0.717) is 19.6 Å². The Bertz CT molecular complexity index is 258. The highest BCUT2D eigenvalue weighted by Gasteiger charge is 2.28. The van der Waals surface area contributed by atoms with Gasteiger partial charge in [0, 0.05) is 30.3 Å². The molecule has 1 rings (SSSR count).